The number of hydrogen-bond donors (Lipinski definition) is 1. The van der Waals surface area contributed by atoms with Crippen LogP contribution in [0.4, 0.5) is 0 Å². The molecule has 0 amide bonds. The van der Waals surface area contributed by atoms with Crippen molar-refractivity contribution in [1.82, 2.24) is 5.32 Å². The molecule has 0 aliphatic heterocycles. The van der Waals surface area contributed by atoms with Crippen molar-refractivity contribution in [1.29, 1.82) is 0 Å². The van der Waals surface area contributed by atoms with Crippen LogP contribution in [-0.2, 0) is 9.84 Å². The number of unbranched alkanes of at least 4 members (excludes halogenated alkanes) is 3. The van der Waals surface area contributed by atoms with Crippen molar-refractivity contribution in [2.24, 2.45) is 0 Å². The summed E-state index contributed by atoms with van der Waals surface area (Å²) < 4.78 is 23.2. The molecule has 0 aromatic rings. The lowest BCUT2D eigenvalue weighted by atomic mass is 10.1. The highest BCUT2D eigenvalue weighted by Crippen LogP contribution is 2.03. The Bertz CT molecular complexity index is 263. The van der Waals surface area contributed by atoms with Crippen molar-refractivity contribution < 1.29 is 8.42 Å². The molecule has 3 nitrogen and oxygen atoms in total. The largest absolute Gasteiger partial charge is 0.313 e. The lowest BCUT2D eigenvalue weighted by molar-refractivity contribution is 0.498. The summed E-state index contributed by atoms with van der Waals surface area (Å²) >= 11 is 0. The normalized spacial score (nSPS) is 13.8. The average molecular weight is 263 g/mol. The number of hydrogen-bond acceptors (Lipinski definition) is 3. The predicted octanol–water partition coefficient (Wildman–Crippen LogP) is 2.76. The van der Waals surface area contributed by atoms with Crippen LogP contribution in [0.1, 0.15) is 59.3 Å². The van der Waals surface area contributed by atoms with Crippen molar-refractivity contribution in [3.05, 3.63) is 0 Å². The lowest BCUT2D eigenvalue weighted by Crippen LogP contribution is -2.31. The summed E-state index contributed by atoms with van der Waals surface area (Å²) in [7, 11) is -2.83. The van der Waals surface area contributed by atoms with E-state index >= 15 is 0 Å². The van der Waals surface area contributed by atoms with Crippen LogP contribution < -0.4 is 5.32 Å². The van der Waals surface area contributed by atoms with Crippen LogP contribution in [0.3, 0.4) is 0 Å². The second kappa shape index (κ2) is 9.89. The lowest BCUT2D eigenvalue weighted by Gasteiger charge is -2.13. The minimum atomic E-state index is -2.83. The molecule has 0 fully saturated rings. The Hall–Kier alpha value is -0.0900. The van der Waals surface area contributed by atoms with E-state index in [4.69, 9.17) is 0 Å². The molecule has 0 radical (unpaired) electrons. The van der Waals surface area contributed by atoms with Gasteiger partial charge in [-0.25, -0.2) is 8.42 Å². The van der Waals surface area contributed by atoms with Gasteiger partial charge in [-0.1, -0.05) is 39.5 Å². The fourth-order valence-electron chi connectivity index (χ4n) is 1.73. The Labute approximate surface area is 107 Å². The van der Waals surface area contributed by atoms with Crippen LogP contribution in [0.25, 0.3) is 0 Å². The SMILES string of the molecule is CCCCCC(C)NCCS(=O)(=O)CCCC. The second-order valence-corrected chi connectivity index (χ2v) is 7.16. The summed E-state index contributed by atoms with van der Waals surface area (Å²) in [4.78, 5) is 0. The van der Waals surface area contributed by atoms with Crippen LogP contribution in [0, 0.1) is 0 Å². The molecule has 0 aliphatic rings. The Kier molecular flexibility index (Phi) is 9.84. The summed E-state index contributed by atoms with van der Waals surface area (Å²) in [6.07, 6.45) is 6.60. The van der Waals surface area contributed by atoms with Crippen LogP contribution in [-0.4, -0.2) is 32.5 Å². The van der Waals surface area contributed by atoms with E-state index in [-0.39, 0.29) is 5.75 Å². The number of sulfone groups is 1. The zero-order valence-corrected chi connectivity index (χ0v) is 12.5. The topological polar surface area (TPSA) is 46.2 Å². The standard InChI is InChI=1S/C13H29NO2S/c1-4-6-8-9-13(3)14-10-12-17(15,16)11-7-5-2/h13-14H,4-12H2,1-3H3. The van der Waals surface area contributed by atoms with E-state index in [0.717, 1.165) is 19.3 Å². The quantitative estimate of drug-likeness (QED) is 0.583. The second-order valence-electron chi connectivity index (χ2n) is 4.86. The molecule has 1 unspecified atom stereocenters. The van der Waals surface area contributed by atoms with Gasteiger partial charge in [0.1, 0.15) is 0 Å². The number of rotatable bonds is 11. The molecule has 0 heterocycles. The van der Waals surface area contributed by atoms with Gasteiger partial charge in [-0.2, -0.15) is 0 Å². The molecule has 1 N–H and O–H groups in total. The molecule has 1 atom stereocenters. The van der Waals surface area contributed by atoms with E-state index in [2.05, 4.69) is 19.2 Å². The average Bonchev–Trinajstić information content (AvgIpc) is 2.26. The zero-order chi connectivity index (χ0) is 13.1. The van der Waals surface area contributed by atoms with Crippen LogP contribution >= 0.6 is 0 Å². The third kappa shape index (κ3) is 10.8. The smallest absolute Gasteiger partial charge is 0.151 e. The van der Waals surface area contributed by atoms with Gasteiger partial charge in [-0.05, 0) is 19.8 Å². The van der Waals surface area contributed by atoms with E-state index < -0.39 is 9.84 Å². The first-order chi connectivity index (χ1) is 8.02. The summed E-state index contributed by atoms with van der Waals surface area (Å²) in [6, 6.07) is 0.433. The van der Waals surface area contributed by atoms with Gasteiger partial charge in [0.2, 0.25) is 0 Å². The van der Waals surface area contributed by atoms with Crippen LogP contribution in [0.15, 0.2) is 0 Å². The van der Waals surface area contributed by atoms with Gasteiger partial charge in [0.05, 0.1) is 11.5 Å². The Morgan fingerprint density at radius 2 is 1.65 bits per heavy atom. The predicted molar refractivity (Wildman–Crippen MR) is 75.2 cm³/mol. The van der Waals surface area contributed by atoms with E-state index in [1.54, 1.807) is 0 Å². The maximum absolute atomic E-state index is 11.6. The summed E-state index contributed by atoms with van der Waals surface area (Å²) in [6.45, 7) is 6.94. The monoisotopic (exact) mass is 263 g/mol. The summed E-state index contributed by atoms with van der Waals surface area (Å²) in [5.74, 6) is 0.626. The maximum Gasteiger partial charge on any atom is 0.151 e. The van der Waals surface area contributed by atoms with Crippen molar-refractivity contribution >= 4 is 9.84 Å². The molecule has 0 saturated carbocycles. The van der Waals surface area contributed by atoms with E-state index in [0.29, 0.717) is 18.3 Å². The van der Waals surface area contributed by atoms with Crippen molar-refractivity contribution in [2.45, 2.75) is 65.3 Å². The maximum atomic E-state index is 11.6. The van der Waals surface area contributed by atoms with Gasteiger partial charge < -0.3 is 5.32 Å². The van der Waals surface area contributed by atoms with Gasteiger partial charge in [0, 0.05) is 12.6 Å². The third-order valence-corrected chi connectivity index (χ3v) is 4.69. The molecule has 0 saturated heterocycles. The van der Waals surface area contributed by atoms with E-state index in [1.807, 2.05) is 6.92 Å². The summed E-state index contributed by atoms with van der Waals surface area (Å²) in [5.41, 5.74) is 0. The zero-order valence-electron chi connectivity index (χ0n) is 11.7. The van der Waals surface area contributed by atoms with Crippen LogP contribution in [0.5, 0.6) is 0 Å². The highest BCUT2D eigenvalue weighted by Gasteiger charge is 2.10. The minimum absolute atomic E-state index is 0.283. The fourth-order valence-corrected chi connectivity index (χ4v) is 3.09. The van der Waals surface area contributed by atoms with E-state index in [1.165, 1.54) is 19.3 Å². The van der Waals surface area contributed by atoms with Crippen molar-refractivity contribution in [3.8, 4) is 0 Å². The molecule has 0 aromatic heterocycles. The Morgan fingerprint density at radius 1 is 1.00 bits per heavy atom. The molecular formula is C13H29NO2S. The van der Waals surface area contributed by atoms with Crippen LogP contribution in [0.2, 0.25) is 0 Å². The Balaban J connectivity index is 3.60. The molecule has 0 spiro atoms. The first-order valence-electron chi connectivity index (χ1n) is 6.95. The molecule has 0 bridgehead atoms. The molecule has 0 aliphatic carbocycles. The van der Waals surface area contributed by atoms with Crippen molar-refractivity contribution in [3.63, 3.8) is 0 Å². The molecule has 0 aromatic carbocycles. The van der Waals surface area contributed by atoms with Crippen molar-refractivity contribution in [2.75, 3.05) is 18.1 Å². The minimum Gasteiger partial charge on any atom is -0.313 e. The van der Waals surface area contributed by atoms with Gasteiger partial charge in [-0.15, -0.1) is 0 Å². The van der Waals surface area contributed by atoms with Gasteiger partial charge in [0.25, 0.3) is 0 Å². The molecule has 4 heteroatoms. The Morgan fingerprint density at radius 3 is 2.24 bits per heavy atom. The molecular weight excluding hydrogens is 234 g/mol. The van der Waals surface area contributed by atoms with Gasteiger partial charge in [-0.3, -0.25) is 0 Å². The highest BCUT2D eigenvalue weighted by molar-refractivity contribution is 7.91. The number of nitrogens with one attached hydrogen (secondary N) is 1. The summed E-state index contributed by atoms with van der Waals surface area (Å²) in [5, 5.41) is 3.29. The van der Waals surface area contributed by atoms with E-state index in [9.17, 15) is 8.42 Å². The highest BCUT2D eigenvalue weighted by atomic mass is 32.2. The fraction of sp³-hybridized carbons (Fsp3) is 1.00. The van der Waals surface area contributed by atoms with Gasteiger partial charge >= 0.3 is 0 Å². The molecule has 0 rings (SSSR count). The third-order valence-electron chi connectivity index (χ3n) is 2.96. The van der Waals surface area contributed by atoms with Gasteiger partial charge in [0.15, 0.2) is 9.84 Å². The molecule has 104 valence electrons. The molecule has 17 heavy (non-hydrogen) atoms. The first-order valence-corrected chi connectivity index (χ1v) is 8.77. The first kappa shape index (κ1) is 16.9.